The molecule has 1 aromatic heterocycles. The van der Waals surface area contributed by atoms with Crippen molar-refractivity contribution in [3.8, 4) is 6.07 Å². The molecule has 3 rings (SSSR count). The van der Waals surface area contributed by atoms with Gasteiger partial charge in [-0.3, -0.25) is 0 Å². The number of likely N-dealkylation sites (N-methyl/N-ethyl adjacent to an activating group) is 1. The van der Waals surface area contributed by atoms with Crippen molar-refractivity contribution >= 4 is 11.3 Å². The fourth-order valence-electron chi connectivity index (χ4n) is 2.64. The first-order valence-corrected chi connectivity index (χ1v) is 7.25. The van der Waals surface area contributed by atoms with Crippen molar-refractivity contribution in [1.29, 1.82) is 5.26 Å². The number of rotatable bonds is 2. The highest BCUT2D eigenvalue weighted by molar-refractivity contribution is 7.09. The third-order valence-corrected chi connectivity index (χ3v) is 4.95. The van der Waals surface area contributed by atoms with Crippen LogP contribution in [0.15, 0.2) is 5.38 Å². The highest BCUT2D eigenvalue weighted by Crippen LogP contribution is 2.36. The number of nitriles is 1. The molecule has 0 aromatic carbocycles. The summed E-state index contributed by atoms with van der Waals surface area (Å²) in [5.74, 6) is 0.533. The molecule has 96 valence electrons. The van der Waals surface area contributed by atoms with Gasteiger partial charge in [-0.25, -0.2) is 4.98 Å². The van der Waals surface area contributed by atoms with Crippen molar-refractivity contribution in [3.05, 3.63) is 16.1 Å². The lowest BCUT2D eigenvalue weighted by atomic mass is 9.88. The topological polar surface area (TPSA) is 49.2 Å². The predicted octanol–water partition coefficient (Wildman–Crippen LogP) is 1.74. The molecule has 1 atom stereocenters. The Kier molecular flexibility index (Phi) is 3.10. The van der Waals surface area contributed by atoms with Crippen LogP contribution in [-0.4, -0.2) is 43.2 Å². The number of likely N-dealkylation sites (tertiary alicyclic amines) is 1. The normalized spacial score (nSPS) is 27.4. The third-order valence-electron chi connectivity index (χ3n) is 3.89. The van der Waals surface area contributed by atoms with E-state index in [1.54, 1.807) is 11.3 Å². The van der Waals surface area contributed by atoms with Gasteiger partial charge in [0.15, 0.2) is 5.41 Å². The van der Waals surface area contributed by atoms with Gasteiger partial charge in [0, 0.05) is 17.8 Å². The lowest BCUT2D eigenvalue weighted by Crippen LogP contribution is -2.45. The van der Waals surface area contributed by atoms with Gasteiger partial charge in [0.1, 0.15) is 5.01 Å². The zero-order valence-corrected chi connectivity index (χ0v) is 11.4. The largest absolute Gasteiger partial charge is 0.377 e. The molecule has 4 nitrogen and oxygen atoms in total. The predicted molar refractivity (Wildman–Crippen MR) is 69.7 cm³/mol. The van der Waals surface area contributed by atoms with Crippen LogP contribution in [0.3, 0.4) is 0 Å². The zero-order chi connectivity index (χ0) is 12.6. The van der Waals surface area contributed by atoms with Crippen molar-refractivity contribution in [1.82, 2.24) is 9.88 Å². The number of hydrogen-bond acceptors (Lipinski definition) is 5. The average molecular weight is 263 g/mol. The Labute approximate surface area is 111 Å². The molecule has 2 fully saturated rings. The molecule has 0 N–H and O–H groups in total. The molecule has 2 aliphatic heterocycles. The molecule has 0 saturated carbocycles. The molecule has 0 bridgehead atoms. The SMILES string of the molecule is CN1CCCC(c2csc(C3(C#N)COC3)n2)C1. The van der Waals surface area contributed by atoms with Gasteiger partial charge in [0.05, 0.1) is 25.0 Å². The molecule has 5 heteroatoms. The molecule has 2 aliphatic rings. The minimum Gasteiger partial charge on any atom is -0.377 e. The second-order valence-corrected chi connectivity index (χ2v) is 6.22. The summed E-state index contributed by atoms with van der Waals surface area (Å²) in [4.78, 5) is 7.08. The van der Waals surface area contributed by atoms with E-state index in [9.17, 15) is 5.26 Å². The monoisotopic (exact) mass is 263 g/mol. The highest BCUT2D eigenvalue weighted by Gasteiger charge is 2.44. The van der Waals surface area contributed by atoms with E-state index in [2.05, 4.69) is 23.4 Å². The van der Waals surface area contributed by atoms with E-state index in [0.29, 0.717) is 19.1 Å². The van der Waals surface area contributed by atoms with E-state index >= 15 is 0 Å². The van der Waals surface area contributed by atoms with Gasteiger partial charge in [-0.05, 0) is 26.4 Å². The van der Waals surface area contributed by atoms with E-state index in [1.165, 1.54) is 25.1 Å². The molecule has 18 heavy (non-hydrogen) atoms. The number of thiazole rings is 1. The lowest BCUT2D eigenvalue weighted by Gasteiger charge is -2.33. The first-order chi connectivity index (χ1) is 8.73. The number of aromatic nitrogens is 1. The van der Waals surface area contributed by atoms with Gasteiger partial charge in [-0.15, -0.1) is 11.3 Å². The van der Waals surface area contributed by atoms with Gasteiger partial charge in [-0.1, -0.05) is 0 Å². The van der Waals surface area contributed by atoms with Crippen molar-refractivity contribution < 1.29 is 4.74 Å². The van der Waals surface area contributed by atoms with Crippen LogP contribution >= 0.6 is 11.3 Å². The molecule has 0 amide bonds. The van der Waals surface area contributed by atoms with Crippen LogP contribution in [0.25, 0.3) is 0 Å². The van der Waals surface area contributed by atoms with Gasteiger partial charge in [0.25, 0.3) is 0 Å². The van der Waals surface area contributed by atoms with Crippen molar-refractivity contribution in [2.45, 2.75) is 24.2 Å². The Bertz CT molecular complexity index is 475. The first-order valence-electron chi connectivity index (χ1n) is 6.37. The van der Waals surface area contributed by atoms with E-state index in [0.717, 1.165) is 11.6 Å². The Hall–Kier alpha value is -0.960. The maximum Gasteiger partial charge on any atom is 0.155 e. The van der Waals surface area contributed by atoms with Crippen molar-refractivity contribution in [2.75, 3.05) is 33.4 Å². The van der Waals surface area contributed by atoms with E-state index in [1.807, 2.05) is 0 Å². The Balaban J connectivity index is 1.79. The van der Waals surface area contributed by atoms with Crippen LogP contribution in [0.2, 0.25) is 0 Å². The third kappa shape index (κ3) is 1.95. The molecule has 0 radical (unpaired) electrons. The van der Waals surface area contributed by atoms with Crippen LogP contribution in [0, 0.1) is 11.3 Å². The Morgan fingerprint density at radius 1 is 1.61 bits per heavy atom. The van der Waals surface area contributed by atoms with Crippen LogP contribution < -0.4 is 0 Å². The maximum atomic E-state index is 9.28. The van der Waals surface area contributed by atoms with Crippen LogP contribution in [0.5, 0.6) is 0 Å². The van der Waals surface area contributed by atoms with Gasteiger partial charge in [0.2, 0.25) is 0 Å². The summed E-state index contributed by atoms with van der Waals surface area (Å²) in [5.41, 5.74) is 0.715. The van der Waals surface area contributed by atoms with E-state index in [4.69, 9.17) is 9.72 Å². The highest BCUT2D eigenvalue weighted by atomic mass is 32.1. The molecule has 1 unspecified atom stereocenters. The van der Waals surface area contributed by atoms with E-state index in [-0.39, 0.29) is 0 Å². The fourth-order valence-corrected chi connectivity index (χ4v) is 3.67. The molecule has 2 saturated heterocycles. The molecule has 0 spiro atoms. The minimum atomic E-state index is -0.455. The summed E-state index contributed by atoms with van der Waals surface area (Å²) in [6, 6.07) is 2.37. The summed E-state index contributed by atoms with van der Waals surface area (Å²) in [7, 11) is 2.16. The lowest BCUT2D eigenvalue weighted by molar-refractivity contribution is -0.0299. The zero-order valence-electron chi connectivity index (χ0n) is 10.6. The second kappa shape index (κ2) is 4.61. The maximum absolute atomic E-state index is 9.28. The number of hydrogen-bond donors (Lipinski definition) is 0. The first kappa shape index (κ1) is 12.1. The van der Waals surface area contributed by atoms with Gasteiger partial charge >= 0.3 is 0 Å². The minimum absolute atomic E-state index is 0.455. The van der Waals surface area contributed by atoms with Crippen LogP contribution in [-0.2, 0) is 10.2 Å². The Morgan fingerprint density at radius 3 is 3.06 bits per heavy atom. The summed E-state index contributed by atoms with van der Waals surface area (Å²) < 4.78 is 5.19. The number of nitrogens with zero attached hydrogens (tertiary/aromatic N) is 3. The smallest absolute Gasteiger partial charge is 0.155 e. The summed E-state index contributed by atoms with van der Waals surface area (Å²) >= 11 is 1.62. The van der Waals surface area contributed by atoms with Crippen LogP contribution in [0.4, 0.5) is 0 Å². The Morgan fingerprint density at radius 2 is 2.44 bits per heavy atom. The molecular weight excluding hydrogens is 246 g/mol. The molecule has 3 heterocycles. The summed E-state index contributed by atoms with van der Waals surface area (Å²) in [6.45, 7) is 3.27. The van der Waals surface area contributed by atoms with Crippen molar-refractivity contribution in [2.24, 2.45) is 0 Å². The summed E-state index contributed by atoms with van der Waals surface area (Å²) in [6.07, 6.45) is 2.45. The standard InChI is InChI=1S/C13H17N3OS/c1-16-4-2-3-10(5-16)11-6-18-12(15-11)13(7-14)8-17-9-13/h6,10H,2-5,8-9H2,1H3. The average Bonchev–Trinajstić information content (AvgIpc) is 2.78. The quantitative estimate of drug-likeness (QED) is 0.815. The number of piperidine rings is 1. The van der Waals surface area contributed by atoms with Gasteiger partial charge in [-0.2, -0.15) is 5.26 Å². The molecule has 0 aliphatic carbocycles. The van der Waals surface area contributed by atoms with E-state index < -0.39 is 5.41 Å². The second-order valence-electron chi connectivity index (χ2n) is 5.37. The number of ether oxygens (including phenoxy) is 1. The molecule has 1 aromatic rings. The van der Waals surface area contributed by atoms with Gasteiger partial charge < -0.3 is 9.64 Å². The van der Waals surface area contributed by atoms with Crippen molar-refractivity contribution in [3.63, 3.8) is 0 Å². The molecular formula is C13H17N3OS. The summed E-state index contributed by atoms with van der Waals surface area (Å²) in [5, 5.41) is 12.4. The fraction of sp³-hybridized carbons (Fsp3) is 0.692. The van der Waals surface area contributed by atoms with Crippen LogP contribution in [0.1, 0.15) is 29.5 Å².